The van der Waals surface area contributed by atoms with Crippen LogP contribution in [0.25, 0.3) is 28.1 Å². The number of nitrogens with one attached hydrogen (secondary N) is 1. The highest BCUT2D eigenvalue weighted by molar-refractivity contribution is 6.00. The lowest BCUT2D eigenvalue weighted by molar-refractivity contribution is 0.0663. The predicted molar refractivity (Wildman–Crippen MR) is 231 cm³/mol. The Balaban J connectivity index is 1.11. The molecular weight excluding hydrogens is 808 g/mol. The predicted octanol–water partition coefficient (Wildman–Crippen LogP) is 6.32. The van der Waals surface area contributed by atoms with Crippen LogP contribution in [-0.4, -0.2) is 82.5 Å². The van der Waals surface area contributed by atoms with Crippen molar-refractivity contribution in [3.63, 3.8) is 0 Å². The van der Waals surface area contributed by atoms with Gasteiger partial charge in [-0.05, 0) is 130 Å². The van der Waals surface area contributed by atoms with Crippen molar-refractivity contribution in [3.8, 4) is 22.9 Å². The summed E-state index contributed by atoms with van der Waals surface area (Å²) in [5.41, 5.74) is 5.53. The van der Waals surface area contributed by atoms with E-state index < -0.39 is 17.3 Å². The number of nitrogens with zero attached hydrogens (tertiary/aromatic N) is 7. The van der Waals surface area contributed by atoms with Crippen LogP contribution < -0.4 is 16.2 Å². The minimum atomic E-state index is -0.824. The topological polar surface area (TPSA) is 168 Å². The van der Waals surface area contributed by atoms with E-state index in [1.165, 1.54) is 14.7 Å². The SMILES string of the molecule is Cc1cc(-n2ccn(-c3c4c(nn3-c3cc(C)c(F)c(C)c3)CCN(C(=O)c3cc5cc(C6CCOCC6)ccc5n3[C@@]3(c5noc(=O)[nH]5)C[C@@H]3C)[C@H]4C)c2=O)ccc1OCCO. The summed E-state index contributed by atoms with van der Waals surface area (Å²) >= 11 is 0. The van der Waals surface area contributed by atoms with Gasteiger partial charge in [0.1, 0.15) is 35.2 Å². The Hall–Kier alpha value is -6.52. The lowest BCUT2D eigenvalue weighted by Crippen LogP contribution is -2.41. The third kappa shape index (κ3) is 6.56. The molecule has 6 heterocycles. The smallest absolute Gasteiger partial charge is 0.438 e. The molecule has 1 saturated carbocycles. The second-order valence-corrected chi connectivity index (χ2v) is 17.3. The zero-order valence-electron chi connectivity index (χ0n) is 35.9. The first kappa shape index (κ1) is 40.5. The molecule has 1 saturated heterocycles. The van der Waals surface area contributed by atoms with Crippen LogP contribution in [0, 0.1) is 32.5 Å². The number of aryl methyl sites for hydroxylation is 3. The minimum Gasteiger partial charge on any atom is -0.491 e. The number of halogens is 1. The van der Waals surface area contributed by atoms with E-state index in [-0.39, 0.29) is 36.5 Å². The molecule has 2 fully saturated rings. The molecule has 0 spiro atoms. The molecule has 0 bridgehead atoms. The van der Waals surface area contributed by atoms with Crippen LogP contribution in [0.4, 0.5) is 4.39 Å². The van der Waals surface area contributed by atoms with Crippen LogP contribution in [0.5, 0.6) is 5.75 Å². The zero-order valence-corrected chi connectivity index (χ0v) is 35.9. The first-order valence-electron chi connectivity index (χ1n) is 21.5. The number of amides is 1. The molecule has 3 atom stereocenters. The fourth-order valence-electron chi connectivity index (χ4n) is 10.0. The Labute approximate surface area is 361 Å². The van der Waals surface area contributed by atoms with Gasteiger partial charge in [0, 0.05) is 55.0 Å². The van der Waals surface area contributed by atoms with Gasteiger partial charge in [0.15, 0.2) is 5.82 Å². The first-order chi connectivity index (χ1) is 30.4. The molecule has 3 aliphatic rings. The molecular formula is C47H49FN8O7. The molecule has 15 nitrogen and oxygen atoms in total. The summed E-state index contributed by atoms with van der Waals surface area (Å²) in [6, 6.07) is 16.6. The van der Waals surface area contributed by atoms with Gasteiger partial charge >= 0.3 is 11.4 Å². The van der Waals surface area contributed by atoms with Gasteiger partial charge in [0.05, 0.1) is 29.7 Å². The van der Waals surface area contributed by atoms with Crippen LogP contribution in [0.3, 0.4) is 0 Å². The fourth-order valence-corrected chi connectivity index (χ4v) is 10.0. The quantitative estimate of drug-likeness (QED) is 0.160. The van der Waals surface area contributed by atoms with Crippen molar-refractivity contribution in [2.24, 2.45) is 5.92 Å². The van der Waals surface area contributed by atoms with E-state index in [2.05, 4.69) is 35.3 Å². The van der Waals surface area contributed by atoms with Gasteiger partial charge in [0.25, 0.3) is 5.91 Å². The molecule has 10 rings (SSSR count). The number of aromatic amines is 1. The fraction of sp³-hybridized carbons (Fsp3) is 0.383. The number of imidazole rings is 1. The highest BCUT2D eigenvalue weighted by atomic mass is 19.1. The Morgan fingerprint density at radius 1 is 0.968 bits per heavy atom. The Kier molecular flexibility index (Phi) is 9.90. The highest BCUT2D eigenvalue weighted by Crippen LogP contribution is 2.56. The molecule has 0 radical (unpaired) electrons. The molecule has 1 aliphatic carbocycles. The van der Waals surface area contributed by atoms with Gasteiger partial charge in [-0.2, -0.15) is 5.10 Å². The Morgan fingerprint density at radius 2 is 1.70 bits per heavy atom. The van der Waals surface area contributed by atoms with E-state index in [1.807, 2.05) is 35.4 Å². The maximum Gasteiger partial charge on any atom is 0.438 e. The summed E-state index contributed by atoms with van der Waals surface area (Å²) < 4.78 is 38.2. The number of ether oxygens (including phenoxy) is 2. The number of H-pyrrole nitrogens is 1. The maximum absolute atomic E-state index is 15.5. The summed E-state index contributed by atoms with van der Waals surface area (Å²) in [6.07, 6.45) is 6.22. The van der Waals surface area contributed by atoms with Crippen LogP contribution >= 0.6 is 0 Å². The van der Waals surface area contributed by atoms with Crippen LogP contribution in [0.15, 0.2) is 81.1 Å². The second-order valence-electron chi connectivity index (χ2n) is 17.3. The van der Waals surface area contributed by atoms with Gasteiger partial charge in [0.2, 0.25) is 0 Å². The number of carbonyl (C=O) groups excluding carboxylic acids is 1. The van der Waals surface area contributed by atoms with Gasteiger partial charge in [-0.1, -0.05) is 18.1 Å². The number of hydrogen-bond acceptors (Lipinski definition) is 9. The minimum absolute atomic E-state index is 0.0254. The summed E-state index contributed by atoms with van der Waals surface area (Å²) in [6.45, 7) is 11.1. The number of carbonyl (C=O) groups is 1. The Bertz CT molecular complexity index is 3030. The first-order valence-corrected chi connectivity index (χ1v) is 21.5. The van der Waals surface area contributed by atoms with Crippen molar-refractivity contribution >= 4 is 16.8 Å². The van der Waals surface area contributed by atoms with Crippen molar-refractivity contribution < 1.29 is 28.3 Å². The third-order valence-corrected chi connectivity index (χ3v) is 13.4. The molecule has 3 aromatic carbocycles. The van der Waals surface area contributed by atoms with E-state index >= 15 is 9.18 Å². The molecule has 0 unspecified atom stereocenters. The average molecular weight is 857 g/mol. The van der Waals surface area contributed by atoms with Crippen LogP contribution in [-0.2, 0) is 16.7 Å². The summed E-state index contributed by atoms with van der Waals surface area (Å²) in [5, 5.41) is 19.4. The van der Waals surface area contributed by atoms with Crippen molar-refractivity contribution in [1.82, 2.24) is 38.5 Å². The molecule has 16 heteroatoms. The number of fused-ring (bicyclic) bond motifs is 2. The second kappa shape index (κ2) is 15.4. The molecule has 326 valence electrons. The highest BCUT2D eigenvalue weighted by Gasteiger charge is 2.59. The van der Waals surface area contributed by atoms with Gasteiger partial charge < -0.3 is 24.0 Å². The number of rotatable bonds is 10. The third-order valence-electron chi connectivity index (χ3n) is 13.4. The van der Waals surface area contributed by atoms with Crippen molar-refractivity contribution in [2.45, 2.75) is 77.8 Å². The van der Waals surface area contributed by atoms with Gasteiger partial charge in [-0.15, -0.1) is 0 Å². The lowest BCUT2D eigenvalue weighted by Gasteiger charge is -2.34. The normalized spacial score (nSPS) is 20.1. The molecule has 1 amide bonds. The van der Waals surface area contributed by atoms with Gasteiger partial charge in [-0.3, -0.25) is 23.4 Å². The number of aliphatic hydroxyl groups is 1. The summed E-state index contributed by atoms with van der Waals surface area (Å²) in [5.74, 6) is 0.569. The monoisotopic (exact) mass is 856 g/mol. The molecule has 7 aromatic rings. The Morgan fingerprint density at radius 3 is 2.38 bits per heavy atom. The van der Waals surface area contributed by atoms with E-state index in [0.29, 0.717) is 89.7 Å². The molecule has 2 aliphatic heterocycles. The van der Waals surface area contributed by atoms with Crippen molar-refractivity contribution in [3.05, 3.63) is 139 Å². The standard InChI is InChI=1S/C47H49FN8O7/c1-26-20-34(7-9-39(26)62-19-16-57)53-14-15-54(46(53)60)42-40-30(5)52(13-10-36(40)50-56(42)35-21-27(2)41(48)28(3)22-35)43(58)38-24-33-23-32(31-11-17-61-18-12-31)6-8-37(33)55(38)47(25-29(47)4)44-49-45(59)63-51-44/h6-9,14-15,20-24,29-31,57H,10-13,16-19,25H2,1-5H3,(H,49,51,59)/t29-,30-,47-/m0/s1. The molecule has 4 aromatic heterocycles. The average Bonchev–Trinajstić information content (AvgIpc) is 3.77. The van der Waals surface area contributed by atoms with E-state index in [1.54, 1.807) is 55.2 Å². The number of aromatic nitrogens is 7. The molecule has 2 N–H and O–H groups in total. The molecule has 63 heavy (non-hydrogen) atoms. The van der Waals surface area contributed by atoms with E-state index in [9.17, 15) is 14.7 Å². The summed E-state index contributed by atoms with van der Waals surface area (Å²) in [7, 11) is 0. The van der Waals surface area contributed by atoms with E-state index in [0.717, 1.165) is 35.0 Å². The van der Waals surface area contributed by atoms with Crippen LogP contribution in [0.1, 0.15) is 94.9 Å². The van der Waals surface area contributed by atoms with E-state index in [4.69, 9.17) is 19.1 Å². The van der Waals surface area contributed by atoms with Crippen LogP contribution in [0.2, 0.25) is 0 Å². The summed E-state index contributed by atoms with van der Waals surface area (Å²) in [4.78, 5) is 47.1. The number of benzene rings is 3. The zero-order chi connectivity index (χ0) is 43.9. The largest absolute Gasteiger partial charge is 0.491 e. The lowest BCUT2D eigenvalue weighted by atomic mass is 9.91. The number of aliphatic hydroxyl groups excluding tert-OH is 1. The maximum atomic E-state index is 15.5. The number of hydrogen-bond donors (Lipinski definition) is 2. The van der Waals surface area contributed by atoms with Gasteiger partial charge in [-0.25, -0.2) is 18.7 Å². The van der Waals surface area contributed by atoms with Crippen molar-refractivity contribution in [2.75, 3.05) is 33.0 Å². The van der Waals surface area contributed by atoms with Crippen molar-refractivity contribution in [1.29, 1.82) is 0 Å².